The van der Waals surface area contributed by atoms with Gasteiger partial charge < -0.3 is 9.84 Å². The second kappa shape index (κ2) is 2.58. The highest BCUT2D eigenvalue weighted by Gasteiger charge is 2.31. The Morgan fingerprint density at radius 3 is 2.70 bits per heavy atom. The van der Waals surface area contributed by atoms with E-state index >= 15 is 0 Å². The Kier molecular flexibility index (Phi) is 1.94. The monoisotopic (exact) mass is 144 g/mol. The first-order valence-electron chi connectivity index (χ1n) is 3.49. The molecule has 1 saturated heterocycles. The number of hydrogen-bond donors (Lipinski definition) is 1. The lowest BCUT2D eigenvalue weighted by atomic mass is 9.94. The summed E-state index contributed by atoms with van der Waals surface area (Å²) in [5.74, 6) is -0.226. The third-order valence-electron chi connectivity index (χ3n) is 2.04. The number of ether oxygens (including phenoxy) is 1. The van der Waals surface area contributed by atoms with Gasteiger partial charge in [-0.25, -0.2) is 0 Å². The third kappa shape index (κ3) is 1.29. The van der Waals surface area contributed by atoms with Crippen molar-refractivity contribution in [3.8, 4) is 0 Å². The van der Waals surface area contributed by atoms with E-state index in [4.69, 9.17) is 4.74 Å². The van der Waals surface area contributed by atoms with Crippen LogP contribution in [0.25, 0.3) is 0 Å². The maximum absolute atomic E-state index is 10.6. The molecule has 1 aliphatic rings. The zero-order chi connectivity index (χ0) is 7.72. The van der Waals surface area contributed by atoms with Gasteiger partial charge in [0.1, 0.15) is 6.10 Å². The minimum atomic E-state index is -0.517. The fourth-order valence-electron chi connectivity index (χ4n) is 1.03. The summed E-state index contributed by atoms with van der Waals surface area (Å²) < 4.78 is 4.87. The van der Waals surface area contributed by atoms with Gasteiger partial charge in [0, 0.05) is 5.92 Å². The Morgan fingerprint density at radius 1 is 1.60 bits per heavy atom. The van der Waals surface area contributed by atoms with Crippen LogP contribution in [0.5, 0.6) is 0 Å². The summed E-state index contributed by atoms with van der Waals surface area (Å²) in [6, 6.07) is 0. The second-order valence-electron chi connectivity index (χ2n) is 2.83. The first kappa shape index (κ1) is 7.54. The van der Waals surface area contributed by atoms with Crippen LogP contribution >= 0.6 is 0 Å². The van der Waals surface area contributed by atoms with Gasteiger partial charge in [-0.1, -0.05) is 6.92 Å². The van der Waals surface area contributed by atoms with E-state index in [1.165, 1.54) is 0 Å². The molecule has 0 aromatic heterocycles. The maximum atomic E-state index is 10.6. The van der Waals surface area contributed by atoms with Crippen molar-refractivity contribution in [1.29, 1.82) is 0 Å². The van der Waals surface area contributed by atoms with E-state index in [1.807, 2.05) is 6.92 Å². The number of aliphatic hydroxyl groups excluding tert-OH is 1. The van der Waals surface area contributed by atoms with E-state index in [1.54, 1.807) is 6.92 Å². The Bertz CT molecular complexity index is 130. The molecule has 0 spiro atoms. The summed E-state index contributed by atoms with van der Waals surface area (Å²) in [5.41, 5.74) is 0. The van der Waals surface area contributed by atoms with Crippen molar-refractivity contribution in [2.45, 2.75) is 32.5 Å². The average Bonchev–Trinajstić information content (AvgIpc) is 1.82. The molecule has 0 radical (unpaired) electrons. The van der Waals surface area contributed by atoms with Crippen LogP contribution in [0.2, 0.25) is 0 Å². The Balaban J connectivity index is 2.57. The Hall–Kier alpha value is -0.570. The molecule has 0 saturated carbocycles. The van der Waals surface area contributed by atoms with Gasteiger partial charge in [-0.2, -0.15) is 0 Å². The number of esters is 1. The first-order chi connectivity index (χ1) is 4.61. The molecule has 0 amide bonds. The van der Waals surface area contributed by atoms with Gasteiger partial charge in [-0.05, 0) is 6.92 Å². The van der Waals surface area contributed by atoms with Crippen molar-refractivity contribution in [3.63, 3.8) is 0 Å². The summed E-state index contributed by atoms with van der Waals surface area (Å²) in [4.78, 5) is 10.6. The zero-order valence-electron chi connectivity index (χ0n) is 6.20. The van der Waals surface area contributed by atoms with Crippen LogP contribution in [0.1, 0.15) is 20.3 Å². The predicted molar refractivity (Wildman–Crippen MR) is 35.3 cm³/mol. The lowest BCUT2D eigenvalue weighted by Gasteiger charge is -2.29. The Labute approximate surface area is 60.0 Å². The standard InChI is InChI=1S/C7H12O3/c1-4-5(2)10-7(9)3-6(4)8/h4-6,8H,3H2,1-2H3/t4?,5?,6-/m1/s1. The molecular formula is C7H12O3. The topological polar surface area (TPSA) is 46.5 Å². The van der Waals surface area contributed by atoms with Gasteiger partial charge in [0.15, 0.2) is 0 Å². The van der Waals surface area contributed by atoms with E-state index in [0.717, 1.165) is 0 Å². The molecule has 1 heterocycles. The minimum Gasteiger partial charge on any atom is -0.462 e. The second-order valence-corrected chi connectivity index (χ2v) is 2.83. The molecule has 0 aromatic rings. The van der Waals surface area contributed by atoms with Gasteiger partial charge >= 0.3 is 5.97 Å². The maximum Gasteiger partial charge on any atom is 0.308 e. The summed E-state index contributed by atoms with van der Waals surface area (Å²) in [7, 11) is 0. The molecule has 2 unspecified atom stereocenters. The van der Waals surface area contributed by atoms with Crippen molar-refractivity contribution in [2.75, 3.05) is 0 Å². The third-order valence-corrected chi connectivity index (χ3v) is 2.04. The SMILES string of the molecule is CC1OC(=O)C[C@@H](O)C1C. The molecule has 3 nitrogen and oxygen atoms in total. The van der Waals surface area contributed by atoms with Crippen molar-refractivity contribution in [2.24, 2.45) is 5.92 Å². The van der Waals surface area contributed by atoms with Gasteiger partial charge in [-0.15, -0.1) is 0 Å². The summed E-state index contributed by atoms with van der Waals surface area (Å²) >= 11 is 0. The first-order valence-corrected chi connectivity index (χ1v) is 3.49. The highest BCUT2D eigenvalue weighted by Crippen LogP contribution is 2.20. The van der Waals surface area contributed by atoms with Crippen molar-refractivity contribution < 1.29 is 14.6 Å². The molecule has 1 rings (SSSR count). The minimum absolute atomic E-state index is 0.0673. The van der Waals surface area contributed by atoms with Crippen LogP contribution in [0, 0.1) is 5.92 Å². The molecule has 1 N–H and O–H groups in total. The van der Waals surface area contributed by atoms with Crippen LogP contribution in [-0.4, -0.2) is 23.3 Å². The molecule has 0 aromatic carbocycles. The van der Waals surface area contributed by atoms with Crippen molar-refractivity contribution >= 4 is 5.97 Å². The van der Waals surface area contributed by atoms with Crippen molar-refractivity contribution in [3.05, 3.63) is 0 Å². The smallest absolute Gasteiger partial charge is 0.308 e. The van der Waals surface area contributed by atoms with Gasteiger partial charge in [-0.3, -0.25) is 4.79 Å². The summed E-state index contributed by atoms with van der Waals surface area (Å²) in [5, 5.41) is 9.22. The molecule has 1 aliphatic heterocycles. The van der Waals surface area contributed by atoms with Gasteiger partial charge in [0.05, 0.1) is 12.5 Å². The predicted octanol–water partition coefficient (Wildman–Crippen LogP) is 0.319. The van der Waals surface area contributed by atoms with E-state index in [9.17, 15) is 9.90 Å². The molecule has 1 fully saturated rings. The molecule has 3 atom stereocenters. The summed E-state index contributed by atoms with van der Waals surface area (Å²) in [6.07, 6.45) is -0.515. The highest BCUT2D eigenvalue weighted by atomic mass is 16.5. The highest BCUT2D eigenvalue weighted by molar-refractivity contribution is 5.71. The fourth-order valence-corrected chi connectivity index (χ4v) is 1.03. The number of rotatable bonds is 0. The van der Waals surface area contributed by atoms with Crippen LogP contribution in [0.4, 0.5) is 0 Å². The molecule has 58 valence electrons. The van der Waals surface area contributed by atoms with Crippen LogP contribution in [-0.2, 0) is 9.53 Å². The fraction of sp³-hybridized carbons (Fsp3) is 0.857. The Morgan fingerprint density at radius 2 is 2.20 bits per heavy atom. The van der Waals surface area contributed by atoms with E-state index in [-0.39, 0.29) is 24.4 Å². The lowest BCUT2D eigenvalue weighted by molar-refractivity contribution is -0.165. The number of aliphatic hydroxyl groups is 1. The molecular weight excluding hydrogens is 132 g/mol. The van der Waals surface area contributed by atoms with E-state index < -0.39 is 6.10 Å². The normalized spacial score (nSPS) is 41.1. The van der Waals surface area contributed by atoms with E-state index in [2.05, 4.69) is 0 Å². The number of carbonyl (C=O) groups is 1. The molecule has 3 heteroatoms. The number of hydrogen-bond acceptors (Lipinski definition) is 3. The molecule has 10 heavy (non-hydrogen) atoms. The van der Waals surface area contributed by atoms with Gasteiger partial charge in [0.25, 0.3) is 0 Å². The van der Waals surface area contributed by atoms with Gasteiger partial charge in [0.2, 0.25) is 0 Å². The largest absolute Gasteiger partial charge is 0.462 e. The lowest BCUT2D eigenvalue weighted by Crippen LogP contribution is -2.38. The van der Waals surface area contributed by atoms with Crippen molar-refractivity contribution in [1.82, 2.24) is 0 Å². The number of carbonyl (C=O) groups excluding carboxylic acids is 1. The van der Waals surface area contributed by atoms with Crippen LogP contribution in [0.3, 0.4) is 0 Å². The number of cyclic esters (lactones) is 1. The molecule has 0 aliphatic carbocycles. The quantitative estimate of drug-likeness (QED) is 0.498. The average molecular weight is 144 g/mol. The summed E-state index contributed by atoms with van der Waals surface area (Å²) in [6.45, 7) is 3.67. The van der Waals surface area contributed by atoms with E-state index in [0.29, 0.717) is 0 Å². The molecule has 0 bridgehead atoms. The zero-order valence-corrected chi connectivity index (χ0v) is 6.20. The van der Waals surface area contributed by atoms with Crippen LogP contribution < -0.4 is 0 Å². The van der Waals surface area contributed by atoms with Crippen LogP contribution in [0.15, 0.2) is 0 Å².